The molecule has 0 aliphatic carbocycles. The molecular weight excluding hydrogens is 363 g/mol. The second-order valence-corrected chi connectivity index (χ2v) is 7.95. The van der Waals surface area contributed by atoms with Gasteiger partial charge < -0.3 is 10.1 Å². The molecule has 1 N–H and O–H groups in total. The summed E-state index contributed by atoms with van der Waals surface area (Å²) in [4.78, 5) is 11.9. The summed E-state index contributed by atoms with van der Waals surface area (Å²) in [6.07, 6.45) is -4.69. The van der Waals surface area contributed by atoms with Crippen molar-refractivity contribution in [2.75, 3.05) is 12.9 Å². The van der Waals surface area contributed by atoms with Gasteiger partial charge in [0.15, 0.2) is 0 Å². The third-order valence-electron chi connectivity index (χ3n) is 2.76. The van der Waals surface area contributed by atoms with Gasteiger partial charge in [0.1, 0.15) is 5.60 Å². The Hall–Kier alpha value is -1.81. The number of carbonyl (C=O) groups excluding carboxylic acids is 1. The molecule has 0 fully saturated rings. The van der Waals surface area contributed by atoms with Gasteiger partial charge in [-0.1, -0.05) is 12.1 Å². The van der Waals surface area contributed by atoms with Crippen LogP contribution in [0.15, 0.2) is 24.3 Å². The van der Waals surface area contributed by atoms with Crippen molar-refractivity contribution in [2.24, 2.45) is 0 Å². The average Bonchev–Trinajstić information content (AvgIpc) is 2.39. The van der Waals surface area contributed by atoms with Crippen LogP contribution in [-0.4, -0.2) is 33.0 Å². The highest BCUT2D eigenvalue weighted by atomic mass is 32.2. The molecule has 1 rings (SSSR count). The summed E-state index contributed by atoms with van der Waals surface area (Å²) in [7, 11) is -3.85. The number of hydrogen-bond donors (Lipinski definition) is 1. The zero-order valence-electron chi connectivity index (χ0n) is 14.2. The van der Waals surface area contributed by atoms with E-state index in [4.69, 9.17) is 4.74 Å². The zero-order chi connectivity index (χ0) is 19.5. The van der Waals surface area contributed by atoms with Crippen LogP contribution in [0.5, 0.6) is 0 Å². The van der Waals surface area contributed by atoms with E-state index in [0.29, 0.717) is 0 Å². The normalized spacial score (nSPS) is 14.0. The van der Waals surface area contributed by atoms with Gasteiger partial charge >= 0.3 is 12.3 Å². The molecule has 25 heavy (non-hydrogen) atoms. The molecule has 0 aliphatic rings. The van der Waals surface area contributed by atoms with E-state index in [1.165, 1.54) is 6.07 Å². The zero-order valence-corrected chi connectivity index (χ0v) is 15.0. The first-order valence-electron chi connectivity index (χ1n) is 7.18. The predicted octanol–water partition coefficient (Wildman–Crippen LogP) is 3.25. The fourth-order valence-electron chi connectivity index (χ4n) is 1.79. The van der Waals surface area contributed by atoms with E-state index in [-0.39, 0.29) is 5.56 Å². The highest BCUT2D eigenvalue weighted by Gasteiger charge is 2.31. The molecule has 1 amide bonds. The molecule has 1 unspecified atom stereocenters. The Morgan fingerprint density at radius 2 is 1.84 bits per heavy atom. The van der Waals surface area contributed by atoms with Crippen LogP contribution in [-0.2, 0) is 25.2 Å². The van der Waals surface area contributed by atoms with E-state index in [0.717, 1.165) is 24.5 Å². The fraction of sp³-hybridized carbons (Fsp3) is 0.533. The maximum atomic E-state index is 12.9. The number of hydrogen-bond acceptors (Lipinski definition) is 5. The summed E-state index contributed by atoms with van der Waals surface area (Å²) in [6.45, 7) is 4.26. The second-order valence-electron chi connectivity index (χ2n) is 6.31. The standard InChI is InChI=1S/C15H20F3NO5S/c1-14(2,3)24-13(20)19-12(9-23-25(4,21)22)10-6-5-7-11(8-10)15(16,17)18/h5-8,12H,9H2,1-4H3,(H,19,20). The number of benzene rings is 1. The maximum absolute atomic E-state index is 12.9. The summed E-state index contributed by atoms with van der Waals surface area (Å²) >= 11 is 0. The quantitative estimate of drug-likeness (QED) is 0.790. The minimum atomic E-state index is -4.58. The van der Waals surface area contributed by atoms with Crippen molar-refractivity contribution >= 4 is 16.2 Å². The second kappa shape index (κ2) is 7.61. The van der Waals surface area contributed by atoms with E-state index >= 15 is 0 Å². The van der Waals surface area contributed by atoms with E-state index in [1.807, 2.05) is 0 Å². The van der Waals surface area contributed by atoms with Crippen molar-refractivity contribution in [3.05, 3.63) is 35.4 Å². The Bertz CT molecular complexity index is 711. The molecule has 0 aromatic heterocycles. The number of nitrogens with one attached hydrogen (secondary N) is 1. The van der Waals surface area contributed by atoms with Crippen LogP contribution < -0.4 is 5.32 Å². The van der Waals surface area contributed by atoms with Crippen molar-refractivity contribution in [3.8, 4) is 0 Å². The van der Waals surface area contributed by atoms with Crippen molar-refractivity contribution in [1.29, 1.82) is 0 Å². The van der Waals surface area contributed by atoms with Gasteiger partial charge in [0.25, 0.3) is 10.1 Å². The third kappa shape index (κ3) is 8.21. The van der Waals surface area contributed by atoms with Gasteiger partial charge in [-0.3, -0.25) is 4.18 Å². The minimum Gasteiger partial charge on any atom is -0.444 e. The van der Waals surface area contributed by atoms with Gasteiger partial charge in [0.05, 0.1) is 24.5 Å². The van der Waals surface area contributed by atoms with Crippen molar-refractivity contribution in [3.63, 3.8) is 0 Å². The number of alkyl halides is 3. The van der Waals surface area contributed by atoms with Gasteiger partial charge in [-0.15, -0.1) is 0 Å². The van der Waals surface area contributed by atoms with Crippen LogP contribution in [0.2, 0.25) is 0 Å². The van der Waals surface area contributed by atoms with Crippen molar-refractivity contribution < 1.29 is 35.3 Å². The SMILES string of the molecule is CC(C)(C)OC(=O)NC(COS(C)(=O)=O)c1cccc(C(F)(F)F)c1. The van der Waals surface area contributed by atoms with Crippen molar-refractivity contribution in [1.82, 2.24) is 5.32 Å². The first kappa shape index (κ1) is 21.2. The average molecular weight is 383 g/mol. The first-order chi connectivity index (χ1) is 11.2. The summed E-state index contributed by atoms with van der Waals surface area (Å²) in [5.41, 5.74) is -1.73. The van der Waals surface area contributed by atoms with Gasteiger partial charge in [-0.05, 0) is 38.5 Å². The predicted molar refractivity (Wildman–Crippen MR) is 84.4 cm³/mol. The van der Waals surface area contributed by atoms with Crippen LogP contribution in [0, 0.1) is 0 Å². The fourth-order valence-corrected chi connectivity index (χ4v) is 2.18. The summed E-state index contributed by atoms with van der Waals surface area (Å²) in [5, 5.41) is 2.32. The number of alkyl carbamates (subject to hydrolysis) is 1. The molecule has 142 valence electrons. The number of amides is 1. The van der Waals surface area contributed by atoms with Gasteiger partial charge in [0.2, 0.25) is 0 Å². The minimum absolute atomic E-state index is 0.0318. The summed E-state index contributed by atoms with van der Waals surface area (Å²) in [6, 6.07) is 3.01. The molecule has 0 radical (unpaired) electrons. The molecule has 6 nitrogen and oxygen atoms in total. The molecular formula is C15H20F3NO5S. The summed E-state index contributed by atoms with van der Waals surface area (Å²) < 4.78 is 70.5. The van der Waals surface area contributed by atoms with Crippen LogP contribution in [0.1, 0.15) is 37.9 Å². The highest BCUT2D eigenvalue weighted by molar-refractivity contribution is 7.85. The number of rotatable bonds is 5. The third-order valence-corrected chi connectivity index (χ3v) is 3.32. The van der Waals surface area contributed by atoms with Gasteiger partial charge in [-0.25, -0.2) is 4.79 Å². The Morgan fingerprint density at radius 3 is 2.32 bits per heavy atom. The monoisotopic (exact) mass is 383 g/mol. The molecule has 0 saturated carbocycles. The number of halogens is 3. The topological polar surface area (TPSA) is 81.7 Å². The van der Waals surface area contributed by atoms with Crippen molar-refractivity contribution in [2.45, 2.75) is 38.6 Å². The number of ether oxygens (including phenoxy) is 1. The van der Waals surface area contributed by atoms with E-state index in [9.17, 15) is 26.4 Å². The maximum Gasteiger partial charge on any atom is 0.416 e. The first-order valence-corrected chi connectivity index (χ1v) is 9.00. The molecule has 0 aliphatic heterocycles. The number of carbonyl (C=O) groups is 1. The van der Waals surface area contributed by atoms with Crippen LogP contribution in [0.3, 0.4) is 0 Å². The van der Waals surface area contributed by atoms with Crippen LogP contribution in [0.25, 0.3) is 0 Å². The van der Waals surface area contributed by atoms with E-state index < -0.39 is 46.2 Å². The lowest BCUT2D eigenvalue weighted by atomic mass is 10.0. The Labute approximate surface area is 144 Å². The molecule has 0 heterocycles. The Morgan fingerprint density at radius 1 is 1.24 bits per heavy atom. The van der Waals surface area contributed by atoms with Gasteiger partial charge in [0, 0.05) is 0 Å². The van der Waals surface area contributed by atoms with Gasteiger partial charge in [-0.2, -0.15) is 21.6 Å². The smallest absolute Gasteiger partial charge is 0.416 e. The Balaban J connectivity index is 3.08. The lowest BCUT2D eigenvalue weighted by Crippen LogP contribution is -2.37. The molecule has 0 spiro atoms. The van der Waals surface area contributed by atoms with Crippen LogP contribution in [0.4, 0.5) is 18.0 Å². The summed E-state index contributed by atoms with van der Waals surface area (Å²) in [5.74, 6) is 0. The highest BCUT2D eigenvalue weighted by Crippen LogP contribution is 2.31. The molecule has 0 bridgehead atoms. The van der Waals surface area contributed by atoms with Crippen LogP contribution >= 0.6 is 0 Å². The van der Waals surface area contributed by atoms with E-state index in [1.54, 1.807) is 20.8 Å². The molecule has 1 aromatic carbocycles. The molecule has 1 atom stereocenters. The molecule has 1 aromatic rings. The largest absolute Gasteiger partial charge is 0.444 e. The molecule has 10 heteroatoms. The lowest BCUT2D eigenvalue weighted by Gasteiger charge is -2.24. The Kier molecular flexibility index (Phi) is 6.46. The van der Waals surface area contributed by atoms with E-state index in [2.05, 4.69) is 9.50 Å². The lowest BCUT2D eigenvalue weighted by molar-refractivity contribution is -0.137. The molecule has 0 saturated heterocycles.